The molecule has 5 heteroatoms. The van der Waals surface area contributed by atoms with E-state index in [1.807, 2.05) is 36.4 Å². The second-order valence-corrected chi connectivity index (χ2v) is 5.82. The van der Waals surface area contributed by atoms with Crippen molar-refractivity contribution in [2.45, 2.75) is 18.9 Å². The highest BCUT2D eigenvalue weighted by molar-refractivity contribution is 5.74. The number of urea groups is 1. The maximum Gasteiger partial charge on any atom is 0.315 e. The summed E-state index contributed by atoms with van der Waals surface area (Å²) < 4.78 is 10.9. The van der Waals surface area contributed by atoms with Crippen LogP contribution in [0.1, 0.15) is 11.1 Å². The molecule has 2 aromatic carbocycles. The van der Waals surface area contributed by atoms with Crippen LogP contribution in [0, 0.1) is 0 Å². The fraction of sp³-hybridized carbons (Fsp3) is 0.316. The summed E-state index contributed by atoms with van der Waals surface area (Å²) in [6, 6.07) is 15.6. The minimum atomic E-state index is -0.161. The molecule has 0 saturated carbocycles. The number of rotatable bonds is 5. The van der Waals surface area contributed by atoms with Gasteiger partial charge in [0.05, 0.1) is 13.2 Å². The lowest BCUT2D eigenvalue weighted by Gasteiger charge is -2.26. The molecule has 126 valence electrons. The lowest BCUT2D eigenvalue weighted by atomic mass is 10.0. The SMILES string of the molecule is COc1ccc2c(c1)CC(NC(=O)NCCc1ccccc1)CO2. The Morgan fingerprint density at radius 2 is 2.08 bits per heavy atom. The second kappa shape index (κ2) is 7.73. The van der Waals surface area contributed by atoms with Gasteiger partial charge in [-0.15, -0.1) is 0 Å². The number of carbonyl (C=O) groups excluding carboxylic acids is 1. The van der Waals surface area contributed by atoms with E-state index >= 15 is 0 Å². The number of carbonyl (C=O) groups is 1. The van der Waals surface area contributed by atoms with Gasteiger partial charge in [-0.2, -0.15) is 0 Å². The first-order valence-corrected chi connectivity index (χ1v) is 8.12. The van der Waals surface area contributed by atoms with E-state index in [9.17, 15) is 4.79 Å². The Kier molecular flexibility index (Phi) is 5.21. The summed E-state index contributed by atoms with van der Waals surface area (Å²) in [7, 11) is 1.64. The molecule has 0 radical (unpaired) electrons. The molecule has 1 heterocycles. The van der Waals surface area contributed by atoms with E-state index in [1.165, 1.54) is 5.56 Å². The molecule has 2 N–H and O–H groups in total. The number of amides is 2. The lowest BCUT2D eigenvalue weighted by Crippen LogP contribution is -2.47. The third kappa shape index (κ3) is 4.19. The monoisotopic (exact) mass is 326 g/mol. The van der Waals surface area contributed by atoms with Gasteiger partial charge in [0.15, 0.2) is 0 Å². The van der Waals surface area contributed by atoms with Crippen LogP contribution in [0.4, 0.5) is 4.79 Å². The molecule has 1 aliphatic heterocycles. The quantitative estimate of drug-likeness (QED) is 0.888. The summed E-state index contributed by atoms with van der Waals surface area (Å²) in [5.74, 6) is 1.66. The van der Waals surface area contributed by atoms with Gasteiger partial charge in [0.25, 0.3) is 0 Å². The Labute approximate surface area is 142 Å². The molecule has 0 aliphatic carbocycles. The van der Waals surface area contributed by atoms with Crippen molar-refractivity contribution in [1.82, 2.24) is 10.6 Å². The topological polar surface area (TPSA) is 59.6 Å². The van der Waals surface area contributed by atoms with Crippen LogP contribution in [0.3, 0.4) is 0 Å². The molecule has 5 nitrogen and oxygen atoms in total. The van der Waals surface area contributed by atoms with E-state index in [0.29, 0.717) is 13.2 Å². The van der Waals surface area contributed by atoms with Crippen molar-refractivity contribution in [1.29, 1.82) is 0 Å². The van der Waals surface area contributed by atoms with Crippen LogP contribution < -0.4 is 20.1 Å². The number of nitrogens with one attached hydrogen (secondary N) is 2. The van der Waals surface area contributed by atoms with Gasteiger partial charge in [-0.25, -0.2) is 4.79 Å². The fourth-order valence-corrected chi connectivity index (χ4v) is 2.79. The molecule has 3 rings (SSSR count). The van der Waals surface area contributed by atoms with E-state index < -0.39 is 0 Å². The molecule has 24 heavy (non-hydrogen) atoms. The second-order valence-electron chi connectivity index (χ2n) is 5.82. The van der Waals surface area contributed by atoms with Crippen LogP contribution in [0.25, 0.3) is 0 Å². The van der Waals surface area contributed by atoms with Crippen molar-refractivity contribution in [3.05, 3.63) is 59.7 Å². The zero-order valence-corrected chi connectivity index (χ0v) is 13.7. The first-order valence-electron chi connectivity index (χ1n) is 8.12. The predicted molar refractivity (Wildman–Crippen MR) is 92.7 cm³/mol. The number of methoxy groups -OCH3 is 1. The first kappa shape index (κ1) is 16.2. The largest absolute Gasteiger partial charge is 0.497 e. The van der Waals surface area contributed by atoms with E-state index in [-0.39, 0.29) is 12.1 Å². The minimum Gasteiger partial charge on any atom is -0.497 e. The Morgan fingerprint density at radius 1 is 1.25 bits per heavy atom. The van der Waals surface area contributed by atoms with Crippen molar-refractivity contribution in [3.63, 3.8) is 0 Å². The van der Waals surface area contributed by atoms with Crippen LogP contribution in [0.15, 0.2) is 48.5 Å². The van der Waals surface area contributed by atoms with Crippen molar-refractivity contribution >= 4 is 6.03 Å². The standard InChI is InChI=1S/C19H22N2O3/c1-23-17-7-8-18-15(12-17)11-16(13-24-18)21-19(22)20-10-9-14-5-3-2-4-6-14/h2-8,12,16H,9-11,13H2,1H3,(H2,20,21,22). The highest BCUT2D eigenvalue weighted by Gasteiger charge is 2.21. The molecule has 2 amide bonds. The van der Waals surface area contributed by atoms with Gasteiger partial charge in [0, 0.05) is 6.54 Å². The first-order chi connectivity index (χ1) is 11.7. The highest BCUT2D eigenvalue weighted by atomic mass is 16.5. The predicted octanol–water partition coefficient (Wildman–Crippen LogP) is 2.54. The molecule has 1 atom stereocenters. The molecular weight excluding hydrogens is 304 g/mol. The van der Waals surface area contributed by atoms with E-state index in [4.69, 9.17) is 9.47 Å². The number of hydrogen-bond donors (Lipinski definition) is 2. The summed E-state index contributed by atoms with van der Waals surface area (Å²) in [6.07, 6.45) is 1.55. The van der Waals surface area contributed by atoms with Gasteiger partial charge in [-0.05, 0) is 42.2 Å². The van der Waals surface area contributed by atoms with Crippen LogP contribution in [-0.2, 0) is 12.8 Å². The third-order valence-corrected chi connectivity index (χ3v) is 4.05. The van der Waals surface area contributed by atoms with Gasteiger partial charge in [0.2, 0.25) is 0 Å². The average molecular weight is 326 g/mol. The molecule has 0 bridgehead atoms. The third-order valence-electron chi connectivity index (χ3n) is 4.05. The maximum atomic E-state index is 12.0. The number of benzene rings is 2. The number of fused-ring (bicyclic) bond motifs is 1. The van der Waals surface area contributed by atoms with Crippen LogP contribution >= 0.6 is 0 Å². The van der Waals surface area contributed by atoms with E-state index in [0.717, 1.165) is 29.9 Å². The van der Waals surface area contributed by atoms with Crippen LogP contribution in [0.2, 0.25) is 0 Å². The number of ether oxygens (including phenoxy) is 2. The highest BCUT2D eigenvalue weighted by Crippen LogP contribution is 2.28. The lowest BCUT2D eigenvalue weighted by molar-refractivity contribution is 0.214. The number of hydrogen-bond acceptors (Lipinski definition) is 3. The Bertz CT molecular complexity index is 688. The van der Waals surface area contributed by atoms with Crippen molar-refractivity contribution in [2.24, 2.45) is 0 Å². The van der Waals surface area contributed by atoms with Gasteiger partial charge < -0.3 is 20.1 Å². The van der Waals surface area contributed by atoms with E-state index in [1.54, 1.807) is 7.11 Å². The molecule has 0 spiro atoms. The van der Waals surface area contributed by atoms with Crippen LogP contribution in [-0.4, -0.2) is 32.3 Å². The Hall–Kier alpha value is -2.69. The Morgan fingerprint density at radius 3 is 2.88 bits per heavy atom. The minimum absolute atomic E-state index is 0.0404. The summed E-state index contributed by atoms with van der Waals surface area (Å²) >= 11 is 0. The van der Waals surface area contributed by atoms with Gasteiger partial charge in [-0.1, -0.05) is 30.3 Å². The summed E-state index contributed by atoms with van der Waals surface area (Å²) in [5.41, 5.74) is 2.26. The molecule has 1 aliphatic rings. The Balaban J connectivity index is 1.46. The zero-order valence-electron chi connectivity index (χ0n) is 13.7. The smallest absolute Gasteiger partial charge is 0.315 e. The van der Waals surface area contributed by atoms with Gasteiger partial charge in [-0.3, -0.25) is 0 Å². The maximum absolute atomic E-state index is 12.0. The fourth-order valence-electron chi connectivity index (χ4n) is 2.79. The van der Waals surface area contributed by atoms with Crippen molar-refractivity contribution < 1.29 is 14.3 Å². The summed E-state index contributed by atoms with van der Waals surface area (Å²) in [6.45, 7) is 1.08. The molecule has 1 unspecified atom stereocenters. The van der Waals surface area contributed by atoms with Gasteiger partial charge >= 0.3 is 6.03 Å². The molecule has 0 aromatic heterocycles. The molecule has 0 saturated heterocycles. The zero-order chi connectivity index (χ0) is 16.8. The van der Waals surface area contributed by atoms with Crippen molar-refractivity contribution in [3.8, 4) is 11.5 Å². The van der Waals surface area contributed by atoms with Crippen LogP contribution in [0.5, 0.6) is 11.5 Å². The van der Waals surface area contributed by atoms with E-state index in [2.05, 4.69) is 22.8 Å². The molecule has 2 aromatic rings. The van der Waals surface area contributed by atoms with Crippen molar-refractivity contribution in [2.75, 3.05) is 20.3 Å². The molecular formula is C19H22N2O3. The molecule has 0 fully saturated rings. The summed E-state index contributed by atoms with van der Waals surface area (Å²) in [4.78, 5) is 12.0. The average Bonchev–Trinajstić information content (AvgIpc) is 2.62. The normalized spacial score (nSPS) is 15.8. The summed E-state index contributed by atoms with van der Waals surface area (Å²) in [5, 5.41) is 5.86. The van der Waals surface area contributed by atoms with Gasteiger partial charge in [0.1, 0.15) is 18.1 Å².